The Labute approximate surface area is 146 Å². The first-order valence-corrected chi connectivity index (χ1v) is 8.63. The minimum atomic E-state index is -0.311. The van der Waals surface area contributed by atoms with Crippen LogP contribution >= 0.6 is 0 Å². The number of nitrogens with zero attached hydrogens (tertiary/aromatic N) is 2. The molecular formula is C20H21N3O2. The highest BCUT2D eigenvalue weighted by Crippen LogP contribution is 2.26. The predicted molar refractivity (Wildman–Crippen MR) is 96.6 cm³/mol. The average molecular weight is 335 g/mol. The van der Waals surface area contributed by atoms with Crippen LogP contribution in [-0.4, -0.2) is 29.2 Å². The van der Waals surface area contributed by atoms with Crippen molar-refractivity contribution in [1.82, 2.24) is 14.9 Å². The van der Waals surface area contributed by atoms with Gasteiger partial charge in [-0.05, 0) is 49.2 Å². The zero-order chi connectivity index (χ0) is 17.2. The second-order valence-corrected chi connectivity index (χ2v) is 6.36. The van der Waals surface area contributed by atoms with E-state index in [4.69, 9.17) is 9.72 Å². The van der Waals surface area contributed by atoms with E-state index in [1.807, 2.05) is 30.3 Å². The summed E-state index contributed by atoms with van der Waals surface area (Å²) in [5.74, 6) is 0.736. The van der Waals surface area contributed by atoms with Crippen LogP contribution in [0, 0.1) is 0 Å². The summed E-state index contributed by atoms with van der Waals surface area (Å²) < 4.78 is 7.09. The molecular weight excluding hydrogens is 314 g/mol. The van der Waals surface area contributed by atoms with Crippen molar-refractivity contribution in [3.63, 3.8) is 0 Å². The number of aromatic nitrogens is 2. The number of hydrogen-bond acceptors (Lipinski definition) is 4. The summed E-state index contributed by atoms with van der Waals surface area (Å²) in [4.78, 5) is 16.4. The van der Waals surface area contributed by atoms with Crippen LogP contribution in [0.1, 0.15) is 40.8 Å². The molecule has 0 saturated carbocycles. The van der Waals surface area contributed by atoms with Gasteiger partial charge in [0.25, 0.3) is 0 Å². The van der Waals surface area contributed by atoms with Gasteiger partial charge in [0.05, 0.1) is 29.9 Å². The van der Waals surface area contributed by atoms with Gasteiger partial charge in [-0.2, -0.15) is 0 Å². The maximum Gasteiger partial charge on any atom is 0.337 e. The standard InChI is InChI=1S/C20H21N3O2/c1-25-20(24)15-10-8-14(9-11-15)13-19-22-16-5-2-3-6-17(16)23(19)18-7-4-12-21-18/h2-3,5-6,8-11,18,21H,4,7,12-13H2,1H3. The van der Waals surface area contributed by atoms with Crippen LogP contribution in [-0.2, 0) is 11.2 Å². The van der Waals surface area contributed by atoms with Gasteiger partial charge >= 0.3 is 5.97 Å². The van der Waals surface area contributed by atoms with Crippen molar-refractivity contribution >= 4 is 17.0 Å². The fourth-order valence-corrected chi connectivity index (χ4v) is 3.51. The molecule has 3 aromatic rings. The van der Waals surface area contributed by atoms with Gasteiger partial charge < -0.3 is 9.30 Å². The van der Waals surface area contributed by atoms with E-state index in [2.05, 4.69) is 28.1 Å². The first kappa shape index (κ1) is 15.8. The minimum Gasteiger partial charge on any atom is -0.465 e. The number of fused-ring (bicyclic) bond motifs is 1. The lowest BCUT2D eigenvalue weighted by Gasteiger charge is -2.17. The fraction of sp³-hybridized carbons (Fsp3) is 0.300. The number of para-hydroxylation sites is 2. The van der Waals surface area contributed by atoms with E-state index in [-0.39, 0.29) is 5.97 Å². The molecule has 0 aliphatic carbocycles. The number of benzene rings is 2. The molecule has 1 saturated heterocycles. The summed E-state index contributed by atoms with van der Waals surface area (Å²) in [6.45, 7) is 1.05. The number of carbonyl (C=O) groups is 1. The SMILES string of the molecule is COC(=O)c1ccc(Cc2nc3ccccc3n2C2CCCN2)cc1. The highest BCUT2D eigenvalue weighted by Gasteiger charge is 2.22. The van der Waals surface area contributed by atoms with Crippen molar-refractivity contribution in [1.29, 1.82) is 0 Å². The molecule has 1 aromatic heterocycles. The predicted octanol–water partition coefficient (Wildman–Crippen LogP) is 3.30. The zero-order valence-electron chi connectivity index (χ0n) is 14.2. The first-order valence-electron chi connectivity index (χ1n) is 8.63. The Morgan fingerprint density at radius 1 is 1.24 bits per heavy atom. The molecule has 0 amide bonds. The van der Waals surface area contributed by atoms with Crippen LogP contribution < -0.4 is 5.32 Å². The molecule has 0 spiro atoms. The molecule has 2 aromatic carbocycles. The van der Waals surface area contributed by atoms with Crippen LogP contribution in [0.3, 0.4) is 0 Å². The minimum absolute atomic E-state index is 0.303. The third kappa shape index (κ3) is 3.03. The Balaban J connectivity index is 1.69. The molecule has 5 nitrogen and oxygen atoms in total. The van der Waals surface area contributed by atoms with Crippen molar-refractivity contribution in [3.05, 3.63) is 65.5 Å². The number of nitrogens with one attached hydrogen (secondary N) is 1. The smallest absolute Gasteiger partial charge is 0.337 e. The number of esters is 1. The van der Waals surface area contributed by atoms with Crippen molar-refractivity contribution in [2.75, 3.05) is 13.7 Å². The van der Waals surface area contributed by atoms with Gasteiger partial charge in [-0.3, -0.25) is 5.32 Å². The first-order chi connectivity index (χ1) is 12.3. The maximum atomic E-state index is 11.6. The molecule has 1 atom stereocenters. The average Bonchev–Trinajstić information content (AvgIpc) is 3.28. The molecule has 4 rings (SSSR count). The van der Waals surface area contributed by atoms with Crippen molar-refractivity contribution in [3.8, 4) is 0 Å². The van der Waals surface area contributed by atoms with Crippen molar-refractivity contribution in [2.45, 2.75) is 25.4 Å². The molecule has 2 heterocycles. The van der Waals surface area contributed by atoms with Crippen LogP contribution in [0.15, 0.2) is 48.5 Å². The maximum absolute atomic E-state index is 11.6. The lowest BCUT2D eigenvalue weighted by atomic mass is 10.1. The van der Waals surface area contributed by atoms with Gasteiger partial charge in [0.15, 0.2) is 0 Å². The quantitative estimate of drug-likeness (QED) is 0.743. The molecule has 1 N–H and O–H groups in total. The Hall–Kier alpha value is -2.66. The second kappa shape index (κ2) is 6.69. The van der Waals surface area contributed by atoms with Crippen LogP contribution in [0.5, 0.6) is 0 Å². The summed E-state index contributed by atoms with van der Waals surface area (Å²) in [5, 5.41) is 3.57. The highest BCUT2D eigenvalue weighted by atomic mass is 16.5. The van der Waals surface area contributed by atoms with Crippen LogP contribution in [0.4, 0.5) is 0 Å². The lowest BCUT2D eigenvalue weighted by molar-refractivity contribution is 0.0600. The summed E-state index contributed by atoms with van der Waals surface area (Å²) in [5.41, 5.74) is 3.89. The number of imidazole rings is 1. The van der Waals surface area contributed by atoms with Crippen LogP contribution in [0.25, 0.3) is 11.0 Å². The van der Waals surface area contributed by atoms with E-state index < -0.39 is 0 Å². The molecule has 25 heavy (non-hydrogen) atoms. The number of methoxy groups -OCH3 is 1. The second-order valence-electron chi connectivity index (χ2n) is 6.36. The Kier molecular flexibility index (Phi) is 4.24. The van der Waals surface area contributed by atoms with E-state index in [0.29, 0.717) is 11.7 Å². The largest absolute Gasteiger partial charge is 0.465 e. The molecule has 5 heteroatoms. The highest BCUT2D eigenvalue weighted by molar-refractivity contribution is 5.89. The molecule has 1 aliphatic heterocycles. The number of hydrogen-bond donors (Lipinski definition) is 1. The van der Waals surface area contributed by atoms with E-state index in [0.717, 1.165) is 36.3 Å². The van der Waals surface area contributed by atoms with E-state index in [9.17, 15) is 4.79 Å². The number of carbonyl (C=O) groups excluding carboxylic acids is 1. The van der Waals surface area contributed by atoms with Crippen molar-refractivity contribution in [2.24, 2.45) is 0 Å². The molecule has 1 aliphatic rings. The van der Waals surface area contributed by atoms with E-state index in [1.165, 1.54) is 19.0 Å². The van der Waals surface area contributed by atoms with Gasteiger partial charge in [0, 0.05) is 6.42 Å². The van der Waals surface area contributed by atoms with Gasteiger partial charge in [-0.15, -0.1) is 0 Å². The molecule has 1 fully saturated rings. The summed E-state index contributed by atoms with van der Waals surface area (Å²) in [6.07, 6.45) is 3.34. The number of ether oxygens (including phenoxy) is 1. The fourth-order valence-electron chi connectivity index (χ4n) is 3.51. The van der Waals surface area contributed by atoms with Gasteiger partial charge in [-0.25, -0.2) is 9.78 Å². The van der Waals surface area contributed by atoms with Gasteiger partial charge in [-0.1, -0.05) is 24.3 Å². The Morgan fingerprint density at radius 2 is 2.04 bits per heavy atom. The molecule has 1 unspecified atom stereocenters. The summed E-state index contributed by atoms with van der Waals surface area (Å²) >= 11 is 0. The monoisotopic (exact) mass is 335 g/mol. The molecule has 0 radical (unpaired) electrons. The molecule has 0 bridgehead atoms. The topological polar surface area (TPSA) is 56.1 Å². The van der Waals surface area contributed by atoms with Gasteiger partial charge in [0.1, 0.15) is 5.82 Å². The Bertz CT molecular complexity index is 893. The third-order valence-electron chi connectivity index (χ3n) is 4.75. The third-order valence-corrected chi connectivity index (χ3v) is 4.75. The normalized spacial score (nSPS) is 17.1. The van der Waals surface area contributed by atoms with E-state index in [1.54, 1.807) is 0 Å². The number of rotatable bonds is 4. The zero-order valence-corrected chi connectivity index (χ0v) is 14.2. The summed E-state index contributed by atoms with van der Waals surface area (Å²) in [7, 11) is 1.40. The van der Waals surface area contributed by atoms with E-state index >= 15 is 0 Å². The lowest BCUT2D eigenvalue weighted by Crippen LogP contribution is -2.21. The van der Waals surface area contributed by atoms with Crippen molar-refractivity contribution < 1.29 is 9.53 Å². The molecule has 128 valence electrons. The summed E-state index contributed by atoms with van der Waals surface area (Å²) in [6, 6.07) is 15.8. The van der Waals surface area contributed by atoms with Gasteiger partial charge in [0.2, 0.25) is 0 Å². The Morgan fingerprint density at radius 3 is 2.76 bits per heavy atom. The van der Waals surface area contributed by atoms with Crippen LogP contribution in [0.2, 0.25) is 0 Å².